The average molecular weight is 214 g/mol. The molecule has 1 aliphatic rings. The number of allylic oxidation sites excluding steroid dienone is 1. The topological polar surface area (TPSA) is 82.1 Å². The van der Waals surface area contributed by atoms with Gasteiger partial charge in [0.25, 0.3) is 0 Å². The lowest BCUT2D eigenvalue weighted by Gasteiger charge is -2.28. The van der Waals surface area contributed by atoms with Crippen molar-refractivity contribution in [2.75, 3.05) is 0 Å². The van der Waals surface area contributed by atoms with Crippen LogP contribution in [0, 0.1) is 0 Å². The molecular weight excluding hydrogens is 204 g/mol. The largest absolute Gasteiger partial charge is 0.561 e. The lowest BCUT2D eigenvalue weighted by atomic mass is 10.1. The van der Waals surface area contributed by atoms with E-state index in [0.717, 1.165) is 6.26 Å². The number of aliphatic hydroxyl groups is 1. The maximum atomic E-state index is 11.3. The number of carbonyl (C=O) groups excluding carboxylic acids is 2. The molecule has 0 aromatic heterocycles. The van der Waals surface area contributed by atoms with E-state index >= 15 is 0 Å². The Hall–Kier alpha value is -1.82. The second kappa shape index (κ2) is 3.74. The minimum absolute atomic E-state index is 0.257. The lowest BCUT2D eigenvalue weighted by Crippen LogP contribution is -2.47. The van der Waals surface area contributed by atoms with E-state index in [0.29, 0.717) is 5.57 Å². The highest BCUT2D eigenvalue weighted by Gasteiger charge is 2.47. The Morgan fingerprint density at radius 1 is 1.40 bits per heavy atom. The molecule has 1 aliphatic heterocycles. The van der Waals surface area contributed by atoms with Gasteiger partial charge >= 0.3 is 18.1 Å². The van der Waals surface area contributed by atoms with Crippen LogP contribution >= 0.6 is 0 Å². The van der Waals surface area contributed by atoms with Crippen LogP contribution in [0.15, 0.2) is 24.0 Å². The van der Waals surface area contributed by atoms with Crippen LogP contribution in [-0.2, 0) is 23.8 Å². The van der Waals surface area contributed by atoms with Crippen molar-refractivity contribution in [3.05, 3.63) is 24.0 Å². The van der Waals surface area contributed by atoms with Crippen LogP contribution in [0.2, 0.25) is 0 Å². The number of esters is 2. The zero-order valence-corrected chi connectivity index (χ0v) is 8.27. The van der Waals surface area contributed by atoms with E-state index < -0.39 is 18.1 Å². The van der Waals surface area contributed by atoms with Crippen molar-refractivity contribution in [1.29, 1.82) is 0 Å². The van der Waals surface area contributed by atoms with Crippen molar-refractivity contribution in [2.24, 2.45) is 0 Å². The quantitative estimate of drug-likeness (QED) is 0.232. The molecule has 0 spiro atoms. The molecular formula is C9H10O6. The second-order valence-corrected chi connectivity index (χ2v) is 2.96. The van der Waals surface area contributed by atoms with E-state index in [1.54, 1.807) is 0 Å². The highest BCUT2D eigenvalue weighted by molar-refractivity contribution is 6.15. The molecule has 1 fully saturated rings. The van der Waals surface area contributed by atoms with Gasteiger partial charge in [-0.1, -0.05) is 12.2 Å². The third-order valence-electron chi connectivity index (χ3n) is 1.58. The van der Waals surface area contributed by atoms with Gasteiger partial charge in [-0.25, -0.2) is 9.59 Å². The molecule has 0 amide bonds. The Morgan fingerprint density at radius 2 is 1.87 bits per heavy atom. The van der Waals surface area contributed by atoms with Crippen LogP contribution < -0.4 is 0 Å². The first-order chi connectivity index (χ1) is 6.89. The van der Waals surface area contributed by atoms with Gasteiger partial charge in [-0.2, -0.15) is 0 Å². The van der Waals surface area contributed by atoms with E-state index in [2.05, 4.69) is 20.8 Å². The summed E-state index contributed by atoms with van der Waals surface area (Å²) >= 11 is 0. The molecule has 0 atom stereocenters. The molecule has 1 rings (SSSR count). The minimum atomic E-state index is -2.71. The van der Waals surface area contributed by atoms with Crippen LogP contribution in [0.1, 0.15) is 13.8 Å². The maximum Gasteiger partial charge on any atom is 0.561 e. The van der Waals surface area contributed by atoms with Gasteiger partial charge in [0.1, 0.15) is 5.57 Å². The van der Waals surface area contributed by atoms with Crippen molar-refractivity contribution in [3.8, 4) is 0 Å². The highest BCUT2D eigenvalue weighted by atomic mass is 17.0. The van der Waals surface area contributed by atoms with Crippen LogP contribution in [-0.4, -0.2) is 23.2 Å². The smallest absolute Gasteiger partial charge is 0.405 e. The van der Waals surface area contributed by atoms with Gasteiger partial charge in [0.05, 0.1) is 6.26 Å². The number of ether oxygens (including phenoxy) is 3. The van der Waals surface area contributed by atoms with Gasteiger partial charge in [0.15, 0.2) is 0 Å². The van der Waals surface area contributed by atoms with Gasteiger partial charge in [0.2, 0.25) is 0 Å². The number of rotatable bonds is 2. The van der Waals surface area contributed by atoms with Crippen LogP contribution in [0.5, 0.6) is 0 Å². The first kappa shape index (κ1) is 11.3. The molecule has 0 unspecified atom stereocenters. The summed E-state index contributed by atoms with van der Waals surface area (Å²) in [6.07, 6.45) is -1.93. The molecule has 6 heteroatoms. The van der Waals surface area contributed by atoms with Crippen LogP contribution in [0.4, 0.5) is 0 Å². The molecule has 15 heavy (non-hydrogen) atoms. The number of carbonyl (C=O) groups is 2. The zero-order chi connectivity index (χ0) is 11.6. The van der Waals surface area contributed by atoms with Crippen molar-refractivity contribution >= 4 is 11.9 Å². The molecule has 0 aliphatic carbocycles. The van der Waals surface area contributed by atoms with Crippen LogP contribution in [0.3, 0.4) is 0 Å². The molecule has 0 aromatic carbocycles. The number of hydrogen-bond donors (Lipinski definition) is 1. The molecule has 6 nitrogen and oxygen atoms in total. The molecule has 0 bridgehead atoms. The summed E-state index contributed by atoms with van der Waals surface area (Å²) < 4.78 is 13.1. The fourth-order valence-electron chi connectivity index (χ4n) is 1.00. The van der Waals surface area contributed by atoms with E-state index in [9.17, 15) is 14.7 Å². The van der Waals surface area contributed by atoms with E-state index in [1.807, 2.05) is 0 Å². The highest BCUT2D eigenvalue weighted by Crippen LogP contribution is 2.24. The van der Waals surface area contributed by atoms with Crippen LogP contribution in [0.25, 0.3) is 0 Å². The summed E-state index contributed by atoms with van der Waals surface area (Å²) in [7, 11) is 0. The van der Waals surface area contributed by atoms with Crippen molar-refractivity contribution < 1.29 is 28.9 Å². The fourth-order valence-corrected chi connectivity index (χ4v) is 1.00. The van der Waals surface area contributed by atoms with Gasteiger partial charge in [-0.05, 0) is 13.8 Å². The minimum Gasteiger partial charge on any atom is -0.405 e. The first-order valence-electron chi connectivity index (χ1n) is 4.05. The average Bonchev–Trinajstić information content (AvgIpc) is 1.99. The molecule has 1 heterocycles. The molecule has 1 N–H and O–H groups in total. The lowest BCUT2D eigenvalue weighted by molar-refractivity contribution is -0.437. The molecule has 0 radical (unpaired) electrons. The Balaban J connectivity index is 2.99. The standard InChI is InChI=1S/C9H10O6/c1-4-13-9(12)14-7(10)6(5(2)3)8(11)15-9/h4,12H,1H2,2-3H3. The summed E-state index contributed by atoms with van der Waals surface area (Å²) in [6, 6.07) is 0. The van der Waals surface area contributed by atoms with Gasteiger partial charge in [0, 0.05) is 0 Å². The maximum absolute atomic E-state index is 11.3. The summed E-state index contributed by atoms with van der Waals surface area (Å²) in [5.41, 5.74) is 0.165. The summed E-state index contributed by atoms with van der Waals surface area (Å²) in [4.78, 5) is 22.6. The van der Waals surface area contributed by atoms with Gasteiger partial charge < -0.3 is 14.2 Å². The molecule has 0 saturated carbocycles. The third kappa shape index (κ3) is 2.16. The first-order valence-corrected chi connectivity index (χ1v) is 4.05. The normalized spacial score (nSPS) is 25.4. The van der Waals surface area contributed by atoms with Crippen molar-refractivity contribution in [1.82, 2.24) is 0 Å². The predicted octanol–water partition coefficient (Wildman–Crippen LogP) is 0.186. The van der Waals surface area contributed by atoms with E-state index in [1.165, 1.54) is 13.8 Å². The number of cyclic esters (lactones) is 2. The number of hydrogen-bond acceptors (Lipinski definition) is 6. The van der Waals surface area contributed by atoms with Crippen molar-refractivity contribution in [2.45, 2.75) is 20.0 Å². The zero-order valence-electron chi connectivity index (χ0n) is 8.27. The molecule has 82 valence electrons. The summed E-state index contributed by atoms with van der Waals surface area (Å²) in [5.74, 6) is -2.01. The Labute approximate surface area is 85.7 Å². The van der Waals surface area contributed by atoms with Crippen molar-refractivity contribution in [3.63, 3.8) is 0 Å². The Kier molecular flexibility index (Phi) is 2.81. The fraction of sp³-hybridized carbons (Fsp3) is 0.333. The van der Waals surface area contributed by atoms with Gasteiger partial charge in [-0.3, -0.25) is 5.11 Å². The SMILES string of the molecule is C=COC1(O)OC(=O)C(=C(C)C)C(=O)O1. The van der Waals surface area contributed by atoms with E-state index in [-0.39, 0.29) is 5.57 Å². The monoisotopic (exact) mass is 214 g/mol. The molecule has 0 aromatic rings. The Morgan fingerprint density at radius 3 is 2.20 bits per heavy atom. The van der Waals surface area contributed by atoms with E-state index in [4.69, 9.17) is 0 Å². The summed E-state index contributed by atoms with van der Waals surface area (Å²) in [6.45, 7) is 6.20. The molecule has 1 saturated heterocycles. The third-order valence-corrected chi connectivity index (χ3v) is 1.58. The predicted molar refractivity (Wildman–Crippen MR) is 46.8 cm³/mol. The van der Waals surface area contributed by atoms with Gasteiger partial charge in [-0.15, -0.1) is 0 Å². The Bertz CT molecular complexity index is 330. The second-order valence-electron chi connectivity index (χ2n) is 2.96. The summed E-state index contributed by atoms with van der Waals surface area (Å²) in [5, 5.41) is 9.31.